The first-order valence-corrected chi connectivity index (χ1v) is 7.68. The number of carbonyl (C=O) groups excluding carboxylic acids is 1. The summed E-state index contributed by atoms with van der Waals surface area (Å²) in [6.45, 7) is 3.34. The van der Waals surface area contributed by atoms with E-state index in [0.29, 0.717) is 0 Å². The number of hydrogen-bond donors (Lipinski definition) is 2. The van der Waals surface area contributed by atoms with Crippen molar-refractivity contribution in [3.05, 3.63) is 23.8 Å². The molecule has 0 saturated carbocycles. The van der Waals surface area contributed by atoms with Crippen LogP contribution in [0.5, 0.6) is 0 Å². The largest absolute Gasteiger partial charge is 0.480 e. The predicted molar refractivity (Wildman–Crippen MR) is 75.5 cm³/mol. The molecular weight excluding hydrogens is 296 g/mol. The number of benzene rings is 1. The van der Waals surface area contributed by atoms with Gasteiger partial charge in [-0.25, -0.2) is 13.1 Å². The molecule has 0 fully saturated rings. The lowest BCUT2D eigenvalue weighted by Crippen LogP contribution is -2.31. The van der Waals surface area contributed by atoms with Gasteiger partial charge in [0, 0.05) is 17.8 Å². The number of Topliss-reactive ketones (excluding diaryl/α,β-unsaturated/α-hetero) is 1. The molecule has 0 saturated heterocycles. The minimum atomic E-state index is -3.76. The van der Waals surface area contributed by atoms with Crippen LogP contribution in [0.15, 0.2) is 28.1 Å². The lowest BCUT2D eigenvalue weighted by atomic mass is 9.95. The van der Waals surface area contributed by atoms with E-state index in [1.54, 1.807) is 13.8 Å². The predicted octanol–water partition coefficient (Wildman–Crippen LogP) is 0.973. The van der Waals surface area contributed by atoms with Gasteiger partial charge in [-0.05, 0) is 32.0 Å². The highest BCUT2D eigenvalue weighted by Gasteiger charge is 2.31. The summed E-state index contributed by atoms with van der Waals surface area (Å²) in [5.74, 6) is -3.37. The Labute approximate surface area is 121 Å². The highest BCUT2D eigenvalue weighted by atomic mass is 32.2. The van der Waals surface area contributed by atoms with Crippen molar-refractivity contribution in [2.75, 3.05) is 0 Å². The molecule has 0 aliphatic carbocycles. The number of carboxylic acid groups (broad SMARTS) is 1. The molecule has 21 heavy (non-hydrogen) atoms. The van der Waals surface area contributed by atoms with Gasteiger partial charge in [0.25, 0.3) is 0 Å². The van der Waals surface area contributed by atoms with E-state index >= 15 is 0 Å². The summed E-state index contributed by atoms with van der Waals surface area (Å²) in [4.78, 5) is 26.8. The summed E-state index contributed by atoms with van der Waals surface area (Å²) < 4.78 is 26.5. The molecule has 0 amide bonds. The van der Waals surface area contributed by atoms with Crippen LogP contribution in [-0.4, -0.2) is 37.5 Å². The number of ketones is 1. The highest BCUT2D eigenvalue weighted by molar-refractivity contribution is 7.89. The van der Waals surface area contributed by atoms with E-state index in [1.165, 1.54) is 12.1 Å². The second kappa shape index (κ2) is 5.38. The third-order valence-electron chi connectivity index (χ3n) is 2.85. The number of rotatable bonds is 4. The van der Waals surface area contributed by atoms with Gasteiger partial charge in [0.1, 0.15) is 0 Å². The Hall–Kier alpha value is -2.06. The average molecular weight is 310 g/mol. The van der Waals surface area contributed by atoms with E-state index < -0.39 is 27.7 Å². The van der Waals surface area contributed by atoms with Crippen LogP contribution in [0.2, 0.25) is 0 Å². The Bertz CT molecular complexity index is 737. The van der Waals surface area contributed by atoms with Crippen molar-refractivity contribution in [3.8, 4) is 0 Å². The van der Waals surface area contributed by atoms with Crippen molar-refractivity contribution in [2.24, 2.45) is 10.9 Å². The molecule has 2 N–H and O–H groups in total. The lowest BCUT2D eigenvalue weighted by molar-refractivity contribution is -0.137. The maximum atomic E-state index is 12.1. The molecular formula is C13H14N2O5S. The van der Waals surface area contributed by atoms with Crippen LogP contribution in [-0.2, 0) is 14.8 Å². The molecule has 0 aromatic heterocycles. The van der Waals surface area contributed by atoms with Crippen molar-refractivity contribution < 1.29 is 23.1 Å². The molecule has 1 aliphatic rings. The normalized spacial score (nSPS) is 17.9. The minimum absolute atomic E-state index is 0.00321. The summed E-state index contributed by atoms with van der Waals surface area (Å²) in [5, 5.41) is 8.94. The molecule has 0 radical (unpaired) electrons. The van der Waals surface area contributed by atoms with Gasteiger partial charge >= 0.3 is 5.97 Å². The molecule has 1 heterocycles. The zero-order valence-corrected chi connectivity index (χ0v) is 12.2. The Kier molecular flexibility index (Phi) is 3.93. The van der Waals surface area contributed by atoms with E-state index in [2.05, 4.69) is 9.71 Å². The van der Waals surface area contributed by atoms with Crippen LogP contribution >= 0.6 is 0 Å². The summed E-state index contributed by atoms with van der Waals surface area (Å²) in [6.07, 6.45) is 1.05. The Morgan fingerprint density at radius 2 is 2.05 bits per heavy atom. The quantitative estimate of drug-likeness (QED) is 0.805. The number of carboxylic acids is 1. The molecule has 0 spiro atoms. The zero-order chi connectivity index (χ0) is 15.8. The molecule has 1 unspecified atom stereocenters. The van der Waals surface area contributed by atoms with Gasteiger partial charge in [-0.3, -0.25) is 14.6 Å². The standard InChI is InChI=1S/C13H14N2O5S/c1-7(2)15-21(19,20)8-3-4-11-9(5-8)12(16)10(6-14-11)13(17)18/h3-7,10,15H,1-2H3,(H,17,18). The number of nitrogens with one attached hydrogen (secondary N) is 1. The maximum absolute atomic E-state index is 12.1. The number of carbonyl (C=O) groups is 2. The monoisotopic (exact) mass is 310 g/mol. The maximum Gasteiger partial charge on any atom is 0.319 e. The first-order valence-electron chi connectivity index (χ1n) is 6.20. The van der Waals surface area contributed by atoms with Crippen LogP contribution in [0.4, 0.5) is 5.69 Å². The first-order chi connectivity index (χ1) is 9.72. The average Bonchev–Trinajstić information content (AvgIpc) is 2.36. The molecule has 1 aliphatic heterocycles. The van der Waals surface area contributed by atoms with Crippen LogP contribution in [0, 0.1) is 5.92 Å². The third kappa shape index (κ3) is 3.01. The van der Waals surface area contributed by atoms with Gasteiger partial charge in [0.05, 0.1) is 10.6 Å². The van der Waals surface area contributed by atoms with Crippen molar-refractivity contribution >= 4 is 33.7 Å². The number of hydrogen-bond acceptors (Lipinski definition) is 5. The van der Waals surface area contributed by atoms with Crippen molar-refractivity contribution in [2.45, 2.75) is 24.8 Å². The Morgan fingerprint density at radius 3 is 2.62 bits per heavy atom. The fourth-order valence-corrected chi connectivity index (χ4v) is 3.21. The van der Waals surface area contributed by atoms with E-state index in [9.17, 15) is 18.0 Å². The van der Waals surface area contributed by atoms with Gasteiger partial charge in [0.2, 0.25) is 10.0 Å². The smallest absolute Gasteiger partial charge is 0.319 e. The molecule has 0 bridgehead atoms. The Morgan fingerprint density at radius 1 is 1.38 bits per heavy atom. The molecule has 8 heteroatoms. The fourth-order valence-electron chi connectivity index (χ4n) is 1.94. The summed E-state index contributed by atoms with van der Waals surface area (Å²) in [6, 6.07) is 3.58. The molecule has 1 aromatic carbocycles. The van der Waals surface area contributed by atoms with Gasteiger partial charge in [0.15, 0.2) is 11.7 Å². The fraction of sp³-hybridized carbons (Fsp3) is 0.308. The minimum Gasteiger partial charge on any atom is -0.480 e. The molecule has 7 nitrogen and oxygen atoms in total. The van der Waals surface area contributed by atoms with Crippen LogP contribution < -0.4 is 4.72 Å². The van der Waals surface area contributed by atoms with E-state index in [4.69, 9.17) is 5.11 Å². The second-order valence-electron chi connectivity index (χ2n) is 4.91. The van der Waals surface area contributed by atoms with E-state index in [0.717, 1.165) is 12.3 Å². The molecule has 2 rings (SSSR count). The van der Waals surface area contributed by atoms with E-state index in [-0.39, 0.29) is 22.2 Å². The van der Waals surface area contributed by atoms with Crippen molar-refractivity contribution in [1.29, 1.82) is 0 Å². The van der Waals surface area contributed by atoms with Gasteiger partial charge in [-0.1, -0.05) is 0 Å². The molecule has 112 valence electrons. The number of fused-ring (bicyclic) bond motifs is 1. The van der Waals surface area contributed by atoms with Gasteiger partial charge < -0.3 is 5.11 Å². The number of nitrogens with zero attached hydrogens (tertiary/aromatic N) is 1. The van der Waals surface area contributed by atoms with Crippen LogP contribution in [0.3, 0.4) is 0 Å². The van der Waals surface area contributed by atoms with Crippen molar-refractivity contribution in [3.63, 3.8) is 0 Å². The Balaban J connectivity index is 2.48. The summed E-state index contributed by atoms with van der Waals surface area (Å²) >= 11 is 0. The second-order valence-corrected chi connectivity index (χ2v) is 6.63. The number of aliphatic carboxylic acids is 1. The highest BCUT2D eigenvalue weighted by Crippen LogP contribution is 2.28. The first kappa shape index (κ1) is 15.3. The zero-order valence-electron chi connectivity index (χ0n) is 11.4. The van der Waals surface area contributed by atoms with Crippen LogP contribution in [0.1, 0.15) is 24.2 Å². The number of aliphatic imine (C=N–C) groups is 1. The summed E-state index contributed by atoms with van der Waals surface area (Å²) in [5.41, 5.74) is 0.262. The van der Waals surface area contributed by atoms with Crippen LogP contribution in [0.25, 0.3) is 0 Å². The van der Waals surface area contributed by atoms with Gasteiger partial charge in [-0.15, -0.1) is 0 Å². The SMILES string of the molecule is CC(C)NS(=O)(=O)c1ccc2c(c1)C(=O)C(C(=O)O)C=N2. The summed E-state index contributed by atoms with van der Waals surface area (Å²) in [7, 11) is -3.76. The topological polar surface area (TPSA) is 113 Å². The molecule has 1 aromatic rings. The third-order valence-corrected chi connectivity index (χ3v) is 4.50. The van der Waals surface area contributed by atoms with Crippen molar-refractivity contribution in [1.82, 2.24) is 4.72 Å². The van der Waals surface area contributed by atoms with Gasteiger partial charge in [-0.2, -0.15) is 0 Å². The number of sulfonamides is 1. The molecule has 1 atom stereocenters. The van der Waals surface area contributed by atoms with E-state index in [1.807, 2.05) is 0 Å². The lowest BCUT2D eigenvalue weighted by Gasteiger charge is -2.16.